The molecule has 24 heavy (non-hydrogen) atoms. The van der Waals surface area contributed by atoms with Crippen LogP contribution < -0.4 is 10.1 Å². The summed E-state index contributed by atoms with van der Waals surface area (Å²) in [6.07, 6.45) is -4.61. The van der Waals surface area contributed by atoms with Crippen molar-refractivity contribution in [2.45, 2.75) is 6.18 Å². The molecule has 0 saturated heterocycles. The van der Waals surface area contributed by atoms with Crippen LogP contribution in [0.1, 0.15) is 15.9 Å². The van der Waals surface area contributed by atoms with E-state index >= 15 is 0 Å². The van der Waals surface area contributed by atoms with Gasteiger partial charge in [0.15, 0.2) is 0 Å². The average molecular weight is 490 g/mol. The number of methoxy groups -OCH3 is 1. The molecule has 0 bridgehead atoms. The number of benzene rings is 2. The first-order valence-electron chi connectivity index (χ1n) is 6.34. The third-order valence-electron chi connectivity index (χ3n) is 2.99. The van der Waals surface area contributed by atoms with Crippen LogP contribution in [-0.2, 0) is 6.18 Å². The molecule has 0 radical (unpaired) electrons. The lowest BCUT2D eigenvalue weighted by Crippen LogP contribution is -2.17. The number of hydrogen-bond donors (Lipinski definition) is 1. The van der Waals surface area contributed by atoms with Crippen LogP contribution >= 0.6 is 45.8 Å². The molecule has 0 aliphatic heterocycles. The maximum absolute atomic E-state index is 13.1. The summed E-state index contributed by atoms with van der Waals surface area (Å²) in [4.78, 5) is 12.4. The summed E-state index contributed by atoms with van der Waals surface area (Å²) in [5, 5.41) is 2.46. The summed E-state index contributed by atoms with van der Waals surface area (Å²) in [6.45, 7) is 0. The molecule has 0 spiro atoms. The molecule has 2 aromatic carbocycles. The van der Waals surface area contributed by atoms with Gasteiger partial charge in [0.2, 0.25) is 0 Å². The van der Waals surface area contributed by atoms with Gasteiger partial charge in [-0.2, -0.15) is 13.2 Å². The number of amides is 1. The van der Waals surface area contributed by atoms with Crippen molar-refractivity contribution in [1.82, 2.24) is 0 Å². The lowest BCUT2D eigenvalue weighted by atomic mass is 10.1. The molecule has 0 aromatic heterocycles. The van der Waals surface area contributed by atoms with Crippen molar-refractivity contribution in [2.24, 2.45) is 0 Å². The smallest absolute Gasteiger partial charge is 0.418 e. The molecular weight excluding hydrogens is 481 g/mol. The van der Waals surface area contributed by atoms with Crippen molar-refractivity contribution in [3.8, 4) is 5.75 Å². The Morgan fingerprint density at radius 3 is 2.46 bits per heavy atom. The number of alkyl halides is 3. The third-order valence-corrected chi connectivity index (χ3v) is 4.16. The highest BCUT2D eigenvalue weighted by Crippen LogP contribution is 2.37. The Kier molecular flexibility index (Phi) is 5.87. The number of carbonyl (C=O) groups excluding carboxylic acids is 1. The molecule has 2 rings (SSSR count). The van der Waals surface area contributed by atoms with E-state index in [9.17, 15) is 18.0 Å². The van der Waals surface area contributed by atoms with Crippen LogP contribution in [0.25, 0.3) is 0 Å². The topological polar surface area (TPSA) is 38.3 Å². The van der Waals surface area contributed by atoms with E-state index in [0.717, 1.165) is 6.07 Å². The van der Waals surface area contributed by atoms with Crippen molar-refractivity contribution in [1.29, 1.82) is 0 Å². The van der Waals surface area contributed by atoms with Gasteiger partial charge in [0.1, 0.15) is 5.75 Å². The number of ether oxygens (including phenoxy) is 1. The minimum Gasteiger partial charge on any atom is -0.494 e. The molecule has 0 aliphatic carbocycles. The minimum atomic E-state index is -4.61. The Morgan fingerprint density at radius 2 is 1.88 bits per heavy atom. The summed E-state index contributed by atoms with van der Waals surface area (Å²) in [5.74, 6) is -0.791. The number of hydrogen-bond acceptors (Lipinski definition) is 2. The summed E-state index contributed by atoms with van der Waals surface area (Å²) in [5.41, 5.74) is -1.39. The molecule has 0 saturated carbocycles. The van der Waals surface area contributed by atoms with Gasteiger partial charge in [-0.25, -0.2) is 0 Å². The molecule has 3 nitrogen and oxygen atoms in total. The van der Waals surface area contributed by atoms with E-state index in [2.05, 4.69) is 5.32 Å². The lowest BCUT2D eigenvalue weighted by Gasteiger charge is -2.16. The molecule has 0 atom stereocenters. The maximum atomic E-state index is 13.1. The summed E-state index contributed by atoms with van der Waals surface area (Å²) >= 11 is 13.5. The van der Waals surface area contributed by atoms with Gasteiger partial charge in [-0.05, 0) is 52.9 Å². The van der Waals surface area contributed by atoms with E-state index < -0.39 is 17.6 Å². The Balaban J connectivity index is 2.45. The maximum Gasteiger partial charge on any atom is 0.418 e. The number of rotatable bonds is 3. The zero-order valence-electron chi connectivity index (χ0n) is 12.0. The van der Waals surface area contributed by atoms with Gasteiger partial charge < -0.3 is 10.1 Å². The van der Waals surface area contributed by atoms with Gasteiger partial charge >= 0.3 is 6.18 Å². The molecule has 0 aliphatic rings. The molecular formula is C15H9Cl2F3INO2. The van der Waals surface area contributed by atoms with Gasteiger partial charge in [0.25, 0.3) is 5.91 Å². The Morgan fingerprint density at radius 1 is 1.21 bits per heavy atom. The summed E-state index contributed by atoms with van der Waals surface area (Å²) in [6, 6.07) is 6.21. The predicted molar refractivity (Wildman–Crippen MR) is 95.1 cm³/mol. The first-order valence-corrected chi connectivity index (χ1v) is 8.18. The second-order valence-electron chi connectivity index (χ2n) is 4.61. The molecule has 0 fully saturated rings. The molecule has 0 heterocycles. The monoisotopic (exact) mass is 489 g/mol. The van der Waals surface area contributed by atoms with Crippen molar-refractivity contribution in [3.05, 3.63) is 55.1 Å². The Labute approximate surface area is 159 Å². The first-order chi connectivity index (χ1) is 11.1. The van der Waals surface area contributed by atoms with Crippen LogP contribution in [0.5, 0.6) is 5.75 Å². The van der Waals surface area contributed by atoms with E-state index in [1.165, 1.54) is 31.4 Å². The van der Waals surface area contributed by atoms with Gasteiger partial charge in [-0.3, -0.25) is 4.79 Å². The third kappa shape index (κ3) is 4.25. The molecule has 0 unspecified atom stereocenters. The highest BCUT2D eigenvalue weighted by atomic mass is 127. The van der Waals surface area contributed by atoms with Gasteiger partial charge in [-0.15, -0.1) is 0 Å². The fourth-order valence-electron chi connectivity index (χ4n) is 1.99. The van der Waals surface area contributed by atoms with E-state index in [-0.39, 0.29) is 27.0 Å². The normalized spacial score (nSPS) is 11.3. The van der Waals surface area contributed by atoms with E-state index in [1.54, 1.807) is 22.6 Å². The van der Waals surface area contributed by atoms with Crippen LogP contribution in [0, 0.1) is 3.57 Å². The number of nitrogens with one attached hydrogen (secondary N) is 1. The largest absolute Gasteiger partial charge is 0.494 e. The lowest BCUT2D eigenvalue weighted by molar-refractivity contribution is -0.137. The zero-order chi connectivity index (χ0) is 18.1. The fourth-order valence-corrected chi connectivity index (χ4v) is 3.05. The van der Waals surface area contributed by atoms with Crippen molar-refractivity contribution in [2.75, 3.05) is 12.4 Å². The van der Waals surface area contributed by atoms with Gasteiger partial charge in [0.05, 0.1) is 28.9 Å². The second-order valence-corrected chi connectivity index (χ2v) is 6.70. The molecule has 2 aromatic rings. The number of halogens is 6. The van der Waals surface area contributed by atoms with Crippen LogP contribution in [-0.4, -0.2) is 13.0 Å². The predicted octanol–water partition coefficient (Wildman–Crippen LogP) is 5.88. The van der Waals surface area contributed by atoms with Gasteiger partial charge in [-0.1, -0.05) is 23.2 Å². The van der Waals surface area contributed by atoms with Crippen LogP contribution in [0.4, 0.5) is 18.9 Å². The van der Waals surface area contributed by atoms with Gasteiger partial charge in [0, 0.05) is 8.59 Å². The summed E-state index contributed by atoms with van der Waals surface area (Å²) < 4.78 is 44.8. The van der Waals surface area contributed by atoms with E-state index in [0.29, 0.717) is 3.57 Å². The highest BCUT2D eigenvalue weighted by Gasteiger charge is 2.34. The van der Waals surface area contributed by atoms with Crippen molar-refractivity contribution in [3.63, 3.8) is 0 Å². The van der Waals surface area contributed by atoms with Crippen LogP contribution in [0.3, 0.4) is 0 Å². The number of carbonyl (C=O) groups is 1. The molecule has 1 N–H and O–H groups in total. The Bertz CT molecular complexity index is 797. The number of anilines is 1. The quantitative estimate of drug-likeness (QED) is 0.547. The molecule has 1 amide bonds. The zero-order valence-corrected chi connectivity index (χ0v) is 15.6. The molecule has 9 heteroatoms. The highest BCUT2D eigenvalue weighted by molar-refractivity contribution is 14.1. The summed E-state index contributed by atoms with van der Waals surface area (Å²) in [7, 11) is 1.29. The fraction of sp³-hybridized carbons (Fsp3) is 0.133. The van der Waals surface area contributed by atoms with Crippen LogP contribution in [0.2, 0.25) is 10.0 Å². The van der Waals surface area contributed by atoms with Crippen molar-refractivity contribution >= 4 is 57.4 Å². The Hall–Kier alpha value is -1.19. The first kappa shape index (κ1) is 19.1. The minimum absolute atomic E-state index is 0.0256. The van der Waals surface area contributed by atoms with Crippen LogP contribution in [0.15, 0.2) is 30.3 Å². The standard InChI is InChI=1S/C15H9Cl2F3INO2/c1-24-13-9(4-7(16)5-11(13)17)14(23)22-12-3-2-8(21)6-10(12)15(18,19)20/h2-6H,1H3,(H,22,23). The average Bonchev–Trinajstić information content (AvgIpc) is 2.47. The van der Waals surface area contributed by atoms with Crippen molar-refractivity contribution < 1.29 is 22.7 Å². The second kappa shape index (κ2) is 7.37. The SMILES string of the molecule is COc1c(Cl)cc(Cl)cc1C(=O)Nc1ccc(I)cc1C(F)(F)F. The molecule has 128 valence electrons. The van der Waals surface area contributed by atoms with E-state index in [1.807, 2.05) is 0 Å². The van der Waals surface area contributed by atoms with E-state index in [4.69, 9.17) is 27.9 Å².